The largest absolute Gasteiger partial charge is 0.468 e. The number of carbonyl (C=O) groups excluding carboxylic acids is 1. The van der Waals surface area contributed by atoms with E-state index in [1.807, 2.05) is 0 Å². The maximum absolute atomic E-state index is 12.1. The molecule has 1 aromatic heterocycles. The van der Waals surface area contributed by atoms with Crippen LogP contribution in [0.2, 0.25) is 0 Å². The maximum atomic E-state index is 12.1. The van der Waals surface area contributed by atoms with Crippen molar-refractivity contribution in [3.8, 4) is 0 Å². The van der Waals surface area contributed by atoms with Gasteiger partial charge in [-0.1, -0.05) is 23.1 Å². The van der Waals surface area contributed by atoms with E-state index in [0.29, 0.717) is 11.3 Å². The van der Waals surface area contributed by atoms with Gasteiger partial charge < -0.3 is 4.74 Å². The van der Waals surface area contributed by atoms with Crippen LogP contribution in [0, 0.1) is 0 Å². The number of methoxy groups -OCH3 is 1. The lowest BCUT2D eigenvalue weighted by Crippen LogP contribution is -2.03. The lowest BCUT2D eigenvalue weighted by Gasteiger charge is -1.97. The average molecular weight is 258 g/mol. The first kappa shape index (κ1) is 12.2. The fourth-order valence-electron chi connectivity index (χ4n) is 0.562. The quantitative estimate of drug-likeness (QED) is 0.611. The zero-order valence-corrected chi connectivity index (χ0v) is 9.00. The summed E-state index contributed by atoms with van der Waals surface area (Å²) in [6.45, 7) is 0. The molecule has 0 fully saturated rings. The molecule has 1 heterocycles. The SMILES string of the molecule is COC(=O)CSc1nnc(C(F)(F)F)s1. The van der Waals surface area contributed by atoms with Crippen LogP contribution in [0.4, 0.5) is 13.2 Å². The molecule has 4 nitrogen and oxygen atoms in total. The highest BCUT2D eigenvalue weighted by molar-refractivity contribution is 8.01. The summed E-state index contributed by atoms with van der Waals surface area (Å²) >= 11 is 1.26. The van der Waals surface area contributed by atoms with Crippen molar-refractivity contribution >= 4 is 29.1 Å². The van der Waals surface area contributed by atoms with Gasteiger partial charge in [-0.15, -0.1) is 10.2 Å². The van der Waals surface area contributed by atoms with Gasteiger partial charge in [-0.25, -0.2) is 0 Å². The molecule has 0 unspecified atom stereocenters. The van der Waals surface area contributed by atoms with Crippen molar-refractivity contribution in [3.05, 3.63) is 5.01 Å². The summed E-state index contributed by atoms with van der Waals surface area (Å²) in [4.78, 5) is 10.7. The third-order valence-electron chi connectivity index (χ3n) is 1.19. The van der Waals surface area contributed by atoms with Crippen LogP contribution in [0.15, 0.2) is 4.34 Å². The first-order chi connectivity index (χ1) is 6.93. The van der Waals surface area contributed by atoms with Crippen LogP contribution in [-0.2, 0) is 15.7 Å². The normalized spacial score (nSPS) is 11.5. The van der Waals surface area contributed by atoms with Crippen LogP contribution in [0.1, 0.15) is 5.01 Å². The summed E-state index contributed by atoms with van der Waals surface area (Å²) in [6, 6.07) is 0. The summed E-state index contributed by atoms with van der Waals surface area (Å²) in [5.74, 6) is -0.605. The molecule has 0 bridgehead atoms. The van der Waals surface area contributed by atoms with Crippen LogP contribution >= 0.6 is 23.1 Å². The van der Waals surface area contributed by atoms with Gasteiger partial charge in [0, 0.05) is 0 Å². The minimum Gasteiger partial charge on any atom is -0.468 e. The van der Waals surface area contributed by atoms with Gasteiger partial charge in [-0.3, -0.25) is 4.79 Å². The minimum atomic E-state index is -4.48. The molecule has 0 aromatic carbocycles. The van der Waals surface area contributed by atoms with Gasteiger partial charge >= 0.3 is 12.1 Å². The second-order valence-electron chi connectivity index (χ2n) is 2.24. The van der Waals surface area contributed by atoms with Gasteiger partial charge in [-0.2, -0.15) is 13.2 Å². The molecule has 0 saturated heterocycles. The Balaban J connectivity index is 2.58. The van der Waals surface area contributed by atoms with Crippen molar-refractivity contribution in [1.29, 1.82) is 0 Å². The number of nitrogens with zero attached hydrogens (tertiary/aromatic N) is 2. The van der Waals surface area contributed by atoms with E-state index in [2.05, 4.69) is 14.9 Å². The Morgan fingerprint density at radius 1 is 1.53 bits per heavy atom. The van der Waals surface area contributed by atoms with E-state index in [-0.39, 0.29) is 10.1 Å². The number of halogens is 3. The van der Waals surface area contributed by atoms with Crippen LogP contribution < -0.4 is 0 Å². The number of rotatable bonds is 3. The maximum Gasteiger partial charge on any atom is 0.445 e. The smallest absolute Gasteiger partial charge is 0.445 e. The Labute approximate surface area is 90.8 Å². The highest BCUT2D eigenvalue weighted by Crippen LogP contribution is 2.34. The molecule has 84 valence electrons. The zero-order chi connectivity index (χ0) is 11.5. The van der Waals surface area contributed by atoms with E-state index in [1.165, 1.54) is 7.11 Å². The van der Waals surface area contributed by atoms with Crippen LogP contribution in [0.3, 0.4) is 0 Å². The molecule has 1 rings (SSSR count). The molecule has 15 heavy (non-hydrogen) atoms. The van der Waals surface area contributed by atoms with E-state index >= 15 is 0 Å². The Morgan fingerprint density at radius 2 is 2.20 bits per heavy atom. The Kier molecular flexibility index (Phi) is 3.91. The minimum absolute atomic E-state index is 0.0804. The number of carbonyl (C=O) groups is 1. The second-order valence-corrected chi connectivity index (χ2v) is 4.44. The van der Waals surface area contributed by atoms with E-state index in [0.717, 1.165) is 11.8 Å². The fraction of sp³-hybridized carbons (Fsp3) is 0.500. The van der Waals surface area contributed by atoms with Gasteiger partial charge in [0.2, 0.25) is 5.01 Å². The Hall–Kier alpha value is -0.830. The molecular formula is C6H5F3N2O2S2. The van der Waals surface area contributed by atoms with E-state index in [1.54, 1.807) is 0 Å². The number of esters is 1. The molecule has 0 saturated carbocycles. The summed E-state index contributed by atoms with van der Waals surface area (Å²) in [5, 5.41) is 5.24. The van der Waals surface area contributed by atoms with Crippen molar-refractivity contribution in [2.75, 3.05) is 12.9 Å². The van der Waals surface area contributed by atoms with Crippen LogP contribution in [-0.4, -0.2) is 29.0 Å². The monoisotopic (exact) mass is 258 g/mol. The molecule has 1 aromatic rings. The summed E-state index contributed by atoms with van der Waals surface area (Å²) in [7, 11) is 1.20. The molecule has 0 aliphatic heterocycles. The lowest BCUT2D eigenvalue weighted by molar-refractivity contribution is -0.138. The predicted molar refractivity (Wildman–Crippen MR) is 47.7 cm³/mol. The number of aromatic nitrogens is 2. The van der Waals surface area contributed by atoms with Crippen molar-refractivity contribution in [3.63, 3.8) is 0 Å². The lowest BCUT2D eigenvalue weighted by atomic mass is 10.7. The molecule has 0 radical (unpaired) electrons. The third-order valence-corrected chi connectivity index (χ3v) is 3.27. The summed E-state index contributed by atoms with van der Waals surface area (Å²) < 4.78 is 40.6. The van der Waals surface area contributed by atoms with Gasteiger partial charge in [0.25, 0.3) is 0 Å². The summed E-state index contributed by atoms with van der Waals surface area (Å²) in [5.41, 5.74) is 0. The van der Waals surface area contributed by atoms with Crippen LogP contribution in [0.25, 0.3) is 0 Å². The standard InChI is InChI=1S/C6H5F3N2O2S2/c1-13-3(12)2-14-5-11-10-4(15-5)6(7,8)9/h2H2,1H3. The molecule has 0 spiro atoms. The van der Waals surface area contributed by atoms with Crippen molar-refractivity contribution < 1.29 is 22.7 Å². The molecule has 0 N–H and O–H groups in total. The highest BCUT2D eigenvalue weighted by Gasteiger charge is 2.35. The summed E-state index contributed by atoms with van der Waals surface area (Å²) in [6.07, 6.45) is -4.48. The number of ether oxygens (including phenoxy) is 1. The second kappa shape index (κ2) is 4.79. The van der Waals surface area contributed by atoms with Crippen LogP contribution in [0.5, 0.6) is 0 Å². The first-order valence-corrected chi connectivity index (χ1v) is 5.34. The molecular weight excluding hydrogens is 253 g/mol. The first-order valence-electron chi connectivity index (χ1n) is 3.54. The fourth-order valence-corrected chi connectivity index (χ4v) is 2.11. The number of thioether (sulfide) groups is 1. The zero-order valence-electron chi connectivity index (χ0n) is 7.37. The van der Waals surface area contributed by atoms with E-state index in [9.17, 15) is 18.0 Å². The van der Waals surface area contributed by atoms with Crippen molar-refractivity contribution in [2.24, 2.45) is 0 Å². The van der Waals surface area contributed by atoms with E-state index in [4.69, 9.17) is 0 Å². The van der Waals surface area contributed by atoms with Gasteiger partial charge in [0.05, 0.1) is 12.9 Å². The number of hydrogen-bond acceptors (Lipinski definition) is 6. The van der Waals surface area contributed by atoms with Gasteiger partial charge in [-0.05, 0) is 0 Å². The predicted octanol–water partition coefficient (Wildman–Crippen LogP) is 1.82. The van der Waals surface area contributed by atoms with Crippen molar-refractivity contribution in [2.45, 2.75) is 10.5 Å². The Morgan fingerprint density at radius 3 is 2.67 bits per heavy atom. The average Bonchev–Trinajstić information content (AvgIpc) is 2.61. The van der Waals surface area contributed by atoms with Gasteiger partial charge in [0.15, 0.2) is 4.34 Å². The molecule has 0 aliphatic carbocycles. The molecule has 0 atom stereocenters. The number of alkyl halides is 3. The third kappa shape index (κ3) is 3.67. The molecule has 0 amide bonds. The van der Waals surface area contributed by atoms with E-state index < -0.39 is 17.2 Å². The number of hydrogen-bond donors (Lipinski definition) is 0. The Bertz CT molecular complexity index is 352. The van der Waals surface area contributed by atoms with Crippen molar-refractivity contribution in [1.82, 2.24) is 10.2 Å². The molecule has 9 heteroatoms. The molecule has 0 aliphatic rings. The topological polar surface area (TPSA) is 52.1 Å². The van der Waals surface area contributed by atoms with Gasteiger partial charge in [0.1, 0.15) is 0 Å². The highest BCUT2D eigenvalue weighted by atomic mass is 32.2.